The van der Waals surface area contributed by atoms with Gasteiger partial charge >= 0.3 is 0 Å². The maximum absolute atomic E-state index is 13.2. The number of aliphatic hydroxyl groups is 8. The number of carbonyl (C=O) groups excluding carboxylic acids is 1. The second kappa shape index (κ2) is 38.6. The van der Waals surface area contributed by atoms with Gasteiger partial charge < -0.3 is 65.1 Å². The van der Waals surface area contributed by atoms with E-state index in [0.29, 0.717) is 6.42 Å². The van der Waals surface area contributed by atoms with E-state index in [1.807, 2.05) is 6.08 Å². The van der Waals surface area contributed by atoms with Crippen molar-refractivity contribution in [1.29, 1.82) is 0 Å². The zero-order chi connectivity index (χ0) is 47.5. The lowest BCUT2D eigenvalue weighted by Crippen LogP contribution is -2.65. The quantitative estimate of drug-likeness (QED) is 0.0219. The topological polar surface area (TPSA) is 228 Å². The lowest BCUT2D eigenvalue weighted by Gasteiger charge is -2.46. The van der Waals surface area contributed by atoms with Gasteiger partial charge in [0.15, 0.2) is 12.6 Å². The van der Waals surface area contributed by atoms with Crippen LogP contribution in [-0.2, 0) is 23.7 Å². The van der Waals surface area contributed by atoms with Crippen molar-refractivity contribution in [2.45, 2.75) is 286 Å². The maximum Gasteiger partial charge on any atom is 0.220 e. The van der Waals surface area contributed by atoms with E-state index in [-0.39, 0.29) is 18.9 Å². The van der Waals surface area contributed by atoms with Crippen molar-refractivity contribution in [2.75, 3.05) is 19.8 Å². The number of unbranched alkanes of at least 4 members (excludes halogenated alkanes) is 28. The monoisotopic (exact) mass is 932 g/mol. The summed E-state index contributed by atoms with van der Waals surface area (Å²) >= 11 is 0. The Balaban J connectivity index is 1.78. The molecule has 0 aromatic carbocycles. The average molecular weight is 932 g/mol. The molecule has 0 aromatic rings. The van der Waals surface area contributed by atoms with E-state index in [0.717, 1.165) is 38.5 Å². The fraction of sp³-hybridized carbons (Fsp3) is 0.941. The number of hydrogen-bond donors (Lipinski definition) is 9. The highest BCUT2D eigenvalue weighted by Gasteiger charge is 2.51. The van der Waals surface area contributed by atoms with E-state index in [4.69, 9.17) is 18.9 Å². The Kier molecular flexibility index (Phi) is 35.5. The largest absolute Gasteiger partial charge is 0.394 e. The van der Waals surface area contributed by atoms with Crippen molar-refractivity contribution in [3.63, 3.8) is 0 Å². The molecule has 9 N–H and O–H groups in total. The van der Waals surface area contributed by atoms with Crippen molar-refractivity contribution in [2.24, 2.45) is 0 Å². The van der Waals surface area contributed by atoms with Crippen LogP contribution < -0.4 is 5.32 Å². The SMILES string of the molecule is CCCCCCCCCCC/C=C/[C@@H](O)[C@H](CO[C@@H]1O[C@H](CO)[C@@H](O[C@@H]2O[C@H](CO)[C@H](O)C(O)C2O)C(O)C1O)NC(=O)CCCCCCCCCCCCCCCCCCCCCC. The van der Waals surface area contributed by atoms with E-state index in [1.54, 1.807) is 6.08 Å². The normalized spacial score (nSPS) is 27.0. The molecule has 0 aromatic heterocycles. The first-order valence-corrected chi connectivity index (χ1v) is 26.4. The van der Waals surface area contributed by atoms with E-state index in [1.165, 1.54) is 148 Å². The molecule has 0 saturated carbocycles. The van der Waals surface area contributed by atoms with Crippen LogP contribution in [0.2, 0.25) is 0 Å². The summed E-state index contributed by atoms with van der Waals surface area (Å²) in [7, 11) is 0. The average Bonchev–Trinajstić information content (AvgIpc) is 3.30. The summed E-state index contributed by atoms with van der Waals surface area (Å²) < 4.78 is 22.7. The second-order valence-electron chi connectivity index (χ2n) is 19.0. The van der Waals surface area contributed by atoms with Gasteiger partial charge in [-0.2, -0.15) is 0 Å². The number of amides is 1. The lowest BCUT2D eigenvalue weighted by molar-refractivity contribution is -0.359. The van der Waals surface area contributed by atoms with Gasteiger partial charge in [-0.05, 0) is 19.3 Å². The summed E-state index contributed by atoms with van der Waals surface area (Å²) in [5.74, 6) is -0.237. The van der Waals surface area contributed by atoms with Gasteiger partial charge in [-0.15, -0.1) is 0 Å². The van der Waals surface area contributed by atoms with Crippen molar-refractivity contribution in [1.82, 2.24) is 5.32 Å². The molecule has 0 bridgehead atoms. The molecule has 1 amide bonds. The molecule has 0 radical (unpaired) electrons. The third-order valence-electron chi connectivity index (χ3n) is 13.2. The summed E-state index contributed by atoms with van der Waals surface area (Å²) in [5.41, 5.74) is 0. The van der Waals surface area contributed by atoms with Crippen LogP contribution in [0.4, 0.5) is 0 Å². The molecule has 4 unspecified atom stereocenters. The Morgan fingerprint density at radius 1 is 0.538 bits per heavy atom. The molecule has 0 aliphatic carbocycles. The number of rotatable bonds is 41. The number of allylic oxidation sites excluding steroid dienone is 1. The number of hydrogen-bond acceptors (Lipinski definition) is 13. The molecule has 65 heavy (non-hydrogen) atoms. The van der Waals surface area contributed by atoms with Crippen LogP contribution in [0.15, 0.2) is 12.2 Å². The molecule has 2 saturated heterocycles. The first-order valence-electron chi connectivity index (χ1n) is 26.4. The van der Waals surface area contributed by atoms with Gasteiger partial charge in [-0.1, -0.05) is 199 Å². The molecule has 0 spiro atoms. The Morgan fingerprint density at radius 3 is 1.42 bits per heavy atom. The van der Waals surface area contributed by atoms with Crippen molar-refractivity contribution >= 4 is 5.91 Å². The molecular formula is C51H97NO13. The number of aliphatic hydroxyl groups excluding tert-OH is 8. The summed E-state index contributed by atoms with van der Waals surface area (Å²) in [4.78, 5) is 13.2. The van der Waals surface area contributed by atoms with Crippen LogP contribution in [0.25, 0.3) is 0 Å². The Labute approximate surface area is 393 Å². The second-order valence-corrected chi connectivity index (χ2v) is 19.0. The Morgan fingerprint density at radius 2 is 0.954 bits per heavy atom. The van der Waals surface area contributed by atoms with E-state index in [2.05, 4.69) is 19.2 Å². The molecule has 12 atom stereocenters. The minimum absolute atomic E-state index is 0.237. The van der Waals surface area contributed by atoms with Crippen LogP contribution in [0, 0.1) is 0 Å². The summed E-state index contributed by atoms with van der Waals surface area (Å²) in [6.45, 7) is 2.78. The first kappa shape index (κ1) is 59.9. The zero-order valence-corrected chi connectivity index (χ0v) is 40.7. The van der Waals surface area contributed by atoms with E-state index in [9.17, 15) is 45.6 Å². The van der Waals surface area contributed by atoms with Crippen LogP contribution in [0.5, 0.6) is 0 Å². The molecule has 2 fully saturated rings. The zero-order valence-electron chi connectivity index (χ0n) is 40.7. The van der Waals surface area contributed by atoms with E-state index >= 15 is 0 Å². The molecule has 2 rings (SSSR count). The highest BCUT2D eigenvalue weighted by molar-refractivity contribution is 5.76. The van der Waals surface area contributed by atoms with E-state index < -0.39 is 86.8 Å². The van der Waals surface area contributed by atoms with Crippen LogP contribution in [0.3, 0.4) is 0 Å². The highest BCUT2D eigenvalue weighted by Crippen LogP contribution is 2.30. The number of nitrogens with one attached hydrogen (secondary N) is 1. The smallest absolute Gasteiger partial charge is 0.220 e. The number of carbonyl (C=O) groups is 1. The van der Waals surface area contributed by atoms with Crippen LogP contribution in [0.1, 0.15) is 213 Å². The van der Waals surface area contributed by atoms with Crippen LogP contribution in [-0.4, -0.2) is 140 Å². The van der Waals surface area contributed by atoms with Gasteiger partial charge in [0.1, 0.15) is 48.8 Å². The van der Waals surface area contributed by atoms with Crippen molar-refractivity contribution in [3.8, 4) is 0 Å². The fourth-order valence-corrected chi connectivity index (χ4v) is 8.88. The van der Waals surface area contributed by atoms with Gasteiger partial charge in [0, 0.05) is 6.42 Å². The Hall–Kier alpha value is -1.27. The van der Waals surface area contributed by atoms with Gasteiger partial charge in [-0.25, -0.2) is 0 Å². The number of ether oxygens (including phenoxy) is 4. The van der Waals surface area contributed by atoms with Gasteiger partial charge in [0.25, 0.3) is 0 Å². The predicted octanol–water partition coefficient (Wildman–Crippen LogP) is 7.16. The molecule has 2 heterocycles. The van der Waals surface area contributed by atoms with Crippen LogP contribution >= 0.6 is 0 Å². The third kappa shape index (κ3) is 25.8. The predicted molar refractivity (Wildman–Crippen MR) is 254 cm³/mol. The maximum atomic E-state index is 13.2. The molecule has 14 nitrogen and oxygen atoms in total. The molecule has 14 heteroatoms. The summed E-state index contributed by atoms with van der Waals surface area (Å²) in [6.07, 6.45) is 24.0. The summed E-state index contributed by atoms with van der Waals surface area (Å²) in [6, 6.07) is -0.907. The van der Waals surface area contributed by atoms with Gasteiger partial charge in [0.05, 0.1) is 32.0 Å². The standard InChI is InChI=1S/C51H97NO13/c1-3-5-7-9-11-13-15-16-17-18-19-20-21-22-23-25-27-29-31-33-35-43(56)52-39(40(55)34-32-30-28-26-24-14-12-10-8-6-4-2)38-62-50-48(61)46(59)49(42(37-54)64-50)65-51-47(60)45(58)44(57)41(36-53)63-51/h32,34,39-42,44-51,53-55,57-61H,3-31,33,35-38H2,1-2H3,(H,52,56)/b34-32+/t39-,40+,41+,42+,44-,45?,46?,47?,48?,49+,50+,51-/m0/s1. The molecule has 384 valence electrons. The summed E-state index contributed by atoms with van der Waals surface area (Å²) in [5, 5.41) is 86.7. The van der Waals surface area contributed by atoms with Crippen molar-refractivity contribution in [3.05, 3.63) is 12.2 Å². The fourth-order valence-electron chi connectivity index (χ4n) is 8.88. The lowest BCUT2D eigenvalue weighted by atomic mass is 9.97. The Bertz CT molecular complexity index is 1150. The molecular weight excluding hydrogens is 835 g/mol. The first-order chi connectivity index (χ1) is 31.6. The van der Waals surface area contributed by atoms with Gasteiger partial charge in [-0.3, -0.25) is 4.79 Å². The van der Waals surface area contributed by atoms with Crippen molar-refractivity contribution < 1.29 is 64.6 Å². The van der Waals surface area contributed by atoms with Gasteiger partial charge in [0.2, 0.25) is 5.91 Å². The molecule has 2 aliphatic heterocycles. The molecule has 2 aliphatic rings. The highest BCUT2D eigenvalue weighted by atomic mass is 16.7. The minimum Gasteiger partial charge on any atom is -0.394 e. The minimum atomic E-state index is -1.78. The third-order valence-corrected chi connectivity index (χ3v) is 13.2.